The van der Waals surface area contributed by atoms with Gasteiger partial charge in [0, 0.05) is 45.5 Å². The number of benzene rings is 1. The molecule has 162 valence electrons. The van der Waals surface area contributed by atoms with E-state index < -0.39 is 6.61 Å². The maximum atomic E-state index is 12.8. The molecule has 0 spiro atoms. The summed E-state index contributed by atoms with van der Waals surface area (Å²) in [6.45, 7) is -1.08. The molecule has 0 amide bonds. The average molecular weight is 413 g/mol. The zero-order valence-corrected chi connectivity index (χ0v) is 16.9. The highest BCUT2D eigenvalue weighted by Crippen LogP contribution is 2.41. The summed E-state index contributed by atoms with van der Waals surface area (Å²) in [6, 6.07) is 3.08. The Morgan fingerprint density at radius 2 is 1.93 bits per heavy atom. The lowest BCUT2D eigenvalue weighted by Gasteiger charge is -2.30. The quantitative estimate of drug-likeness (QED) is 0.478. The zero-order valence-electron chi connectivity index (χ0n) is 16.9. The second-order valence-corrected chi connectivity index (χ2v) is 7.42. The molecule has 0 radical (unpaired) electrons. The molecule has 1 aromatic carbocycles. The van der Waals surface area contributed by atoms with Crippen LogP contribution >= 0.6 is 0 Å². The number of hydrogen-bond donors (Lipinski definition) is 2. The average Bonchev–Trinajstić information content (AvgIpc) is 3.35. The fraction of sp³-hybridized carbons (Fsp3) is 0.650. The second kappa shape index (κ2) is 9.96. The van der Waals surface area contributed by atoms with E-state index in [-0.39, 0.29) is 24.5 Å². The van der Waals surface area contributed by atoms with E-state index in [1.807, 2.05) is 0 Å². The highest BCUT2D eigenvalue weighted by molar-refractivity contribution is 5.79. The summed E-state index contributed by atoms with van der Waals surface area (Å²) in [5.74, 6) is 1.57. The molecule has 0 unspecified atom stereocenters. The molecular formula is C20H29F2N3O4. The topological polar surface area (TPSA) is 73.3 Å². The molecule has 1 saturated carbocycles. The number of nitrogens with zero attached hydrogens (tertiary/aromatic N) is 1. The van der Waals surface area contributed by atoms with Crippen LogP contribution in [0.2, 0.25) is 0 Å². The van der Waals surface area contributed by atoms with E-state index in [2.05, 4.69) is 20.4 Å². The van der Waals surface area contributed by atoms with Crippen molar-refractivity contribution in [1.29, 1.82) is 0 Å². The molecule has 9 heteroatoms. The van der Waals surface area contributed by atoms with Crippen LogP contribution in [0.15, 0.2) is 17.1 Å². The van der Waals surface area contributed by atoms with Crippen molar-refractivity contribution < 1.29 is 27.7 Å². The van der Waals surface area contributed by atoms with E-state index in [1.54, 1.807) is 20.2 Å². The molecule has 3 rings (SSSR count). The van der Waals surface area contributed by atoms with Crippen molar-refractivity contribution in [2.75, 3.05) is 34.1 Å². The van der Waals surface area contributed by atoms with Gasteiger partial charge in [0.05, 0.1) is 0 Å². The van der Waals surface area contributed by atoms with Crippen molar-refractivity contribution in [2.45, 2.75) is 45.3 Å². The van der Waals surface area contributed by atoms with Crippen LogP contribution in [0.3, 0.4) is 0 Å². The lowest BCUT2D eigenvalue weighted by Crippen LogP contribution is -2.43. The van der Waals surface area contributed by atoms with Crippen LogP contribution in [0.1, 0.15) is 37.7 Å². The minimum atomic E-state index is -2.92. The number of rotatable bonds is 9. The Hall–Kier alpha value is -2.29. The molecule has 1 aliphatic heterocycles. The van der Waals surface area contributed by atoms with Crippen LogP contribution in [0.25, 0.3) is 0 Å². The van der Waals surface area contributed by atoms with Gasteiger partial charge in [-0.25, -0.2) is 0 Å². The summed E-state index contributed by atoms with van der Waals surface area (Å²) >= 11 is 0. The van der Waals surface area contributed by atoms with E-state index in [0.717, 1.165) is 32.4 Å². The first-order valence-corrected chi connectivity index (χ1v) is 9.86. The van der Waals surface area contributed by atoms with Crippen LogP contribution in [0.4, 0.5) is 8.78 Å². The molecule has 1 aromatic rings. The Labute approximate surface area is 169 Å². The Balaban J connectivity index is 1.62. The van der Waals surface area contributed by atoms with Gasteiger partial charge in [-0.05, 0) is 30.7 Å². The van der Waals surface area contributed by atoms with Gasteiger partial charge in [0.1, 0.15) is 5.75 Å². The normalized spacial score (nSPS) is 17.6. The van der Waals surface area contributed by atoms with Crippen molar-refractivity contribution >= 4 is 5.96 Å². The standard InChI is InChI=1S/C20H29F2N3O4/c1-23-19(25-12-20(7-8-26-2)5-3-4-6-20)24-11-14-9-16-17(28-13-27-16)10-15(14)29-18(21)22/h9-10,18H,3-8,11-13H2,1-2H3,(H2,23,24,25). The van der Waals surface area contributed by atoms with E-state index in [0.29, 0.717) is 23.0 Å². The van der Waals surface area contributed by atoms with Gasteiger partial charge in [-0.1, -0.05) is 12.8 Å². The van der Waals surface area contributed by atoms with Crippen molar-refractivity contribution in [3.63, 3.8) is 0 Å². The maximum absolute atomic E-state index is 12.8. The van der Waals surface area contributed by atoms with Crippen LogP contribution in [-0.4, -0.2) is 46.7 Å². The van der Waals surface area contributed by atoms with Crippen LogP contribution < -0.4 is 24.8 Å². The van der Waals surface area contributed by atoms with E-state index >= 15 is 0 Å². The first kappa shape index (κ1) is 21.4. The fourth-order valence-electron chi connectivity index (χ4n) is 3.94. The number of alkyl halides is 2. The van der Waals surface area contributed by atoms with Gasteiger partial charge in [0.2, 0.25) is 6.79 Å². The van der Waals surface area contributed by atoms with Gasteiger partial charge in [-0.3, -0.25) is 4.99 Å². The summed E-state index contributed by atoms with van der Waals surface area (Å²) in [7, 11) is 3.41. The molecule has 1 fully saturated rings. The predicted molar refractivity (Wildman–Crippen MR) is 105 cm³/mol. The van der Waals surface area contributed by atoms with Crippen LogP contribution in [0.5, 0.6) is 17.2 Å². The molecule has 29 heavy (non-hydrogen) atoms. The van der Waals surface area contributed by atoms with Crippen LogP contribution in [0, 0.1) is 5.41 Å². The number of halogens is 2. The minimum Gasteiger partial charge on any atom is -0.454 e. The van der Waals surface area contributed by atoms with Gasteiger partial charge >= 0.3 is 6.61 Å². The van der Waals surface area contributed by atoms with Gasteiger partial charge in [0.15, 0.2) is 17.5 Å². The first-order chi connectivity index (χ1) is 14.0. The summed E-state index contributed by atoms with van der Waals surface area (Å²) in [4.78, 5) is 4.26. The van der Waals surface area contributed by atoms with Crippen molar-refractivity contribution in [1.82, 2.24) is 10.6 Å². The predicted octanol–water partition coefficient (Wildman–Crippen LogP) is 3.28. The SMILES string of the molecule is CN=C(NCc1cc2c(cc1OC(F)F)OCO2)NCC1(CCOC)CCCC1. The largest absolute Gasteiger partial charge is 0.454 e. The van der Waals surface area contributed by atoms with Gasteiger partial charge in [-0.15, -0.1) is 0 Å². The lowest BCUT2D eigenvalue weighted by atomic mass is 9.83. The van der Waals surface area contributed by atoms with E-state index in [1.165, 1.54) is 18.9 Å². The highest BCUT2D eigenvalue weighted by atomic mass is 19.3. The smallest absolute Gasteiger partial charge is 0.387 e. The number of hydrogen-bond acceptors (Lipinski definition) is 5. The van der Waals surface area contributed by atoms with Crippen molar-refractivity contribution in [3.8, 4) is 17.2 Å². The third kappa shape index (κ3) is 5.62. The molecule has 2 N–H and O–H groups in total. The van der Waals surface area contributed by atoms with Gasteiger partial charge in [-0.2, -0.15) is 8.78 Å². The Kier molecular flexibility index (Phi) is 7.35. The van der Waals surface area contributed by atoms with Crippen molar-refractivity contribution in [3.05, 3.63) is 17.7 Å². The monoisotopic (exact) mass is 413 g/mol. The number of ether oxygens (including phenoxy) is 4. The molecule has 0 bridgehead atoms. The fourth-order valence-corrected chi connectivity index (χ4v) is 3.94. The van der Waals surface area contributed by atoms with Crippen LogP contribution in [-0.2, 0) is 11.3 Å². The Bertz CT molecular complexity index is 709. The molecular weight excluding hydrogens is 384 g/mol. The molecule has 1 heterocycles. The summed E-state index contributed by atoms with van der Waals surface area (Å²) in [6.07, 6.45) is 5.78. The Morgan fingerprint density at radius 3 is 2.59 bits per heavy atom. The minimum absolute atomic E-state index is 0.0551. The number of nitrogens with one attached hydrogen (secondary N) is 2. The third-order valence-electron chi connectivity index (χ3n) is 5.57. The van der Waals surface area contributed by atoms with E-state index in [4.69, 9.17) is 14.2 Å². The maximum Gasteiger partial charge on any atom is 0.387 e. The summed E-state index contributed by atoms with van der Waals surface area (Å²) in [5, 5.41) is 6.56. The molecule has 1 aliphatic carbocycles. The number of aliphatic imine (C=N–C) groups is 1. The third-order valence-corrected chi connectivity index (χ3v) is 5.57. The summed E-state index contributed by atoms with van der Waals surface area (Å²) in [5.41, 5.74) is 0.739. The summed E-state index contributed by atoms with van der Waals surface area (Å²) < 4.78 is 46.1. The zero-order chi connectivity index (χ0) is 20.7. The number of methoxy groups -OCH3 is 1. The van der Waals surface area contributed by atoms with E-state index in [9.17, 15) is 8.78 Å². The molecule has 2 aliphatic rings. The highest BCUT2D eigenvalue weighted by Gasteiger charge is 2.33. The van der Waals surface area contributed by atoms with Gasteiger partial charge < -0.3 is 29.6 Å². The molecule has 7 nitrogen and oxygen atoms in total. The first-order valence-electron chi connectivity index (χ1n) is 9.86. The number of guanidine groups is 1. The Morgan fingerprint density at radius 1 is 1.21 bits per heavy atom. The lowest BCUT2D eigenvalue weighted by molar-refractivity contribution is -0.0505. The van der Waals surface area contributed by atoms with Crippen molar-refractivity contribution in [2.24, 2.45) is 10.4 Å². The molecule has 0 aromatic heterocycles. The van der Waals surface area contributed by atoms with Gasteiger partial charge in [0.25, 0.3) is 0 Å². The second-order valence-electron chi connectivity index (χ2n) is 7.42. The molecule has 0 saturated heterocycles. The molecule has 0 atom stereocenters. The number of fused-ring (bicyclic) bond motifs is 1.